The number of carbonyl (C=O) groups is 1. The highest BCUT2D eigenvalue weighted by Gasteiger charge is 2.71. The van der Waals surface area contributed by atoms with Crippen LogP contribution < -0.4 is 0 Å². The van der Waals surface area contributed by atoms with Gasteiger partial charge in [0.1, 0.15) is 67.1 Å². The van der Waals surface area contributed by atoms with Gasteiger partial charge in [0.2, 0.25) is 6.29 Å². The third-order valence-corrected chi connectivity index (χ3v) is 19.7. The summed E-state index contributed by atoms with van der Waals surface area (Å²) in [6.07, 6.45) is -18.9. The standard InChI is InChI=1S/C48H78O19/c1-20-10-13-48(15-14-46(6)23(29(48)21(20)2)8-9-28-44(4)16-24(51)39(60)45(5,19-50)27(44)11-12-47(28,46)7)43(61)67-42-36(58)33(55)31(53)26(65-42)18-62-40-37(59)34(56)38(25(17-49)64-40)66-41-35(57)32(54)30(52)22(3)63-41/h8,20-22,24-42,49-60H,9-19H2,1-7H3/t20?,21-,22-,24+,25+,26+,27+,28+,29-,30-,31+,32+,33-,34+,35+,36+,37+,38+,39-,40+,41-,42-,44-,45-,46?,47?,48?/m0/s1. The Morgan fingerprint density at radius 2 is 1.34 bits per heavy atom. The van der Waals surface area contributed by atoms with Crippen molar-refractivity contribution < 1.29 is 94.5 Å². The molecule has 3 aliphatic heterocycles. The average Bonchev–Trinajstić information content (AvgIpc) is 3.29. The van der Waals surface area contributed by atoms with Gasteiger partial charge in [0.15, 0.2) is 12.6 Å². The minimum absolute atomic E-state index is 0.0112. The van der Waals surface area contributed by atoms with E-state index in [1.54, 1.807) is 0 Å². The van der Waals surface area contributed by atoms with Gasteiger partial charge in [0.25, 0.3) is 0 Å². The molecule has 27 atom stereocenters. The molecule has 4 unspecified atom stereocenters. The Hall–Kier alpha value is -1.47. The molecule has 19 heteroatoms. The molecule has 5 aliphatic carbocycles. The van der Waals surface area contributed by atoms with E-state index >= 15 is 4.79 Å². The monoisotopic (exact) mass is 959 g/mol. The zero-order chi connectivity index (χ0) is 49.1. The van der Waals surface area contributed by atoms with Gasteiger partial charge in [0.05, 0.1) is 43.5 Å². The van der Waals surface area contributed by atoms with Crippen molar-refractivity contribution in [1.29, 1.82) is 0 Å². The number of ether oxygens (including phenoxy) is 6. The Morgan fingerprint density at radius 1 is 0.701 bits per heavy atom. The first-order valence-electron chi connectivity index (χ1n) is 24.5. The van der Waals surface area contributed by atoms with Crippen LogP contribution in [0.1, 0.15) is 99.8 Å². The van der Waals surface area contributed by atoms with Crippen LogP contribution in [0.15, 0.2) is 11.6 Å². The van der Waals surface area contributed by atoms with Gasteiger partial charge in [0, 0.05) is 5.41 Å². The maximum absolute atomic E-state index is 15.0. The number of fused-ring (bicyclic) bond motifs is 7. The minimum atomic E-state index is -1.86. The van der Waals surface area contributed by atoms with Gasteiger partial charge in [-0.2, -0.15) is 0 Å². The molecular formula is C48H78O19. The lowest BCUT2D eigenvalue weighted by Crippen LogP contribution is -2.68. The molecule has 4 saturated carbocycles. The molecule has 12 N–H and O–H groups in total. The molecule has 8 rings (SSSR count). The van der Waals surface area contributed by atoms with Crippen molar-refractivity contribution >= 4 is 5.97 Å². The lowest BCUT2D eigenvalue weighted by atomic mass is 9.33. The predicted molar refractivity (Wildman–Crippen MR) is 231 cm³/mol. The molecule has 0 amide bonds. The van der Waals surface area contributed by atoms with Crippen molar-refractivity contribution in [1.82, 2.24) is 0 Å². The van der Waals surface area contributed by atoms with Crippen molar-refractivity contribution in [3.05, 3.63) is 11.6 Å². The first kappa shape index (κ1) is 51.9. The van der Waals surface area contributed by atoms with Crippen LogP contribution in [-0.4, -0.2) is 191 Å². The van der Waals surface area contributed by atoms with Gasteiger partial charge >= 0.3 is 5.97 Å². The Kier molecular flexibility index (Phi) is 14.4. The Balaban J connectivity index is 0.985. The van der Waals surface area contributed by atoms with Crippen molar-refractivity contribution in [2.24, 2.45) is 56.7 Å². The van der Waals surface area contributed by atoms with E-state index in [9.17, 15) is 61.3 Å². The van der Waals surface area contributed by atoms with E-state index in [1.165, 1.54) is 12.5 Å². The molecule has 0 aromatic rings. The third-order valence-electron chi connectivity index (χ3n) is 19.7. The maximum atomic E-state index is 15.0. The first-order valence-corrected chi connectivity index (χ1v) is 24.5. The summed E-state index contributed by atoms with van der Waals surface area (Å²) in [7, 11) is 0. The van der Waals surface area contributed by atoms with Crippen molar-refractivity contribution in [2.75, 3.05) is 19.8 Å². The normalized spacial score (nSPS) is 56.7. The van der Waals surface area contributed by atoms with E-state index in [-0.39, 0.29) is 52.4 Å². The summed E-state index contributed by atoms with van der Waals surface area (Å²) in [6.45, 7) is 13.0. The lowest BCUT2D eigenvalue weighted by Gasteiger charge is -2.71. The third kappa shape index (κ3) is 7.92. The molecule has 19 nitrogen and oxygen atoms in total. The van der Waals surface area contributed by atoms with Crippen LogP contribution in [-0.2, 0) is 33.2 Å². The van der Waals surface area contributed by atoms with E-state index in [2.05, 4.69) is 40.7 Å². The quantitative estimate of drug-likeness (QED) is 0.0971. The molecule has 0 radical (unpaired) electrons. The van der Waals surface area contributed by atoms with Crippen LogP contribution in [0.3, 0.4) is 0 Å². The molecule has 3 saturated heterocycles. The van der Waals surface area contributed by atoms with Gasteiger partial charge in [-0.1, -0.05) is 53.2 Å². The largest absolute Gasteiger partial charge is 0.432 e. The fraction of sp³-hybridized carbons (Fsp3) is 0.938. The minimum Gasteiger partial charge on any atom is -0.432 e. The number of aliphatic hydroxyl groups excluding tert-OH is 12. The molecule has 7 fully saturated rings. The molecule has 3 heterocycles. The van der Waals surface area contributed by atoms with Crippen LogP contribution >= 0.6 is 0 Å². The van der Waals surface area contributed by atoms with Gasteiger partial charge in [-0.25, -0.2) is 0 Å². The highest BCUT2D eigenvalue weighted by molar-refractivity contribution is 5.79. The van der Waals surface area contributed by atoms with Gasteiger partial charge < -0.3 is 89.7 Å². The van der Waals surface area contributed by atoms with Gasteiger partial charge in [-0.05, 0) is 104 Å². The first-order chi connectivity index (χ1) is 31.4. The summed E-state index contributed by atoms with van der Waals surface area (Å²) in [5.74, 6) is -0.386. The van der Waals surface area contributed by atoms with Crippen molar-refractivity contribution in [2.45, 2.75) is 204 Å². The molecule has 0 aromatic carbocycles. The molecule has 8 aliphatic rings. The molecule has 67 heavy (non-hydrogen) atoms. The number of allylic oxidation sites excluding steroid dienone is 2. The second kappa shape index (κ2) is 18.5. The van der Waals surface area contributed by atoms with E-state index in [1.807, 2.05) is 6.92 Å². The Labute approximate surface area is 392 Å². The molecular weight excluding hydrogens is 881 g/mol. The van der Waals surface area contributed by atoms with Crippen LogP contribution in [0.4, 0.5) is 0 Å². The van der Waals surface area contributed by atoms with Crippen molar-refractivity contribution in [3.8, 4) is 0 Å². The SMILES string of the molecule is CC1CCC2(C(=O)O[C@@H]3O[C@H](CO[C@@H]4O[C@H](CO)[C@@H](O[C@@H]5O[C@@H](C)[C@H](O)[C@@H](O)[C@H]5O)[C@H](O)[C@H]4O)[C@@H](O)[C@H](O)[C@H]3O)CCC3(C)C(=CC[C@H]4C3(C)CC[C@H]3[C@](C)(CO)[C@@H](O)[C@H](O)C[C@@]34C)[C@@H]2[C@H]1C. The second-order valence-corrected chi connectivity index (χ2v) is 22.9. The zero-order valence-electron chi connectivity index (χ0n) is 39.8. The number of hydrogen-bond donors (Lipinski definition) is 12. The van der Waals surface area contributed by atoms with Crippen LogP contribution in [0.5, 0.6) is 0 Å². The summed E-state index contributed by atoms with van der Waals surface area (Å²) >= 11 is 0. The van der Waals surface area contributed by atoms with E-state index in [0.29, 0.717) is 32.1 Å². The fourth-order valence-electron chi connectivity index (χ4n) is 15.2. The summed E-state index contributed by atoms with van der Waals surface area (Å²) < 4.78 is 34.7. The number of carbonyl (C=O) groups excluding carboxylic acids is 1. The topological polar surface area (TPSA) is 315 Å². The molecule has 384 valence electrons. The smallest absolute Gasteiger partial charge is 0.315 e. The summed E-state index contributed by atoms with van der Waals surface area (Å²) in [6, 6.07) is 0. The van der Waals surface area contributed by atoms with Gasteiger partial charge in [-0.3, -0.25) is 4.79 Å². The number of rotatable bonds is 9. The summed E-state index contributed by atoms with van der Waals surface area (Å²) in [5.41, 5.74) is -1.64. The molecule has 0 spiro atoms. The zero-order valence-corrected chi connectivity index (χ0v) is 39.8. The maximum Gasteiger partial charge on any atom is 0.315 e. The molecule has 0 aromatic heterocycles. The molecule has 0 bridgehead atoms. The van der Waals surface area contributed by atoms with E-state index < -0.39 is 134 Å². The van der Waals surface area contributed by atoms with Crippen LogP contribution in [0.2, 0.25) is 0 Å². The van der Waals surface area contributed by atoms with E-state index in [0.717, 1.165) is 19.3 Å². The second-order valence-electron chi connectivity index (χ2n) is 22.9. The highest BCUT2D eigenvalue weighted by atomic mass is 16.8. The summed E-state index contributed by atoms with van der Waals surface area (Å²) in [4.78, 5) is 15.0. The number of aliphatic hydroxyl groups is 12. The number of hydrogen-bond acceptors (Lipinski definition) is 19. The summed E-state index contributed by atoms with van der Waals surface area (Å²) in [5, 5.41) is 130. The Morgan fingerprint density at radius 3 is 2.01 bits per heavy atom. The lowest BCUT2D eigenvalue weighted by molar-refractivity contribution is -0.361. The fourth-order valence-corrected chi connectivity index (χ4v) is 15.2. The van der Waals surface area contributed by atoms with Gasteiger partial charge in [-0.15, -0.1) is 0 Å². The van der Waals surface area contributed by atoms with Crippen LogP contribution in [0, 0.1) is 56.7 Å². The Bertz CT molecular complexity index is 1820. The van der Waals surface area contributed by atoms with Crippen molar-refractivity contribution in [3.63, 3.8) is 0 Å². The van der Waals surface area contributed by atoms with E-state index in [4.69, 9.17) is 28.4 Å². The average molecular weight is 959 g/mol. The highest BCUT2D eigenvalue weighted by Crippen LogP contribution is 2.76. The predicted octanol–water partition coefficient (Wildman–Crippen LogP) is -1.03. The van der Waals surface area contributed by atoms with Crippen LogP contribution in [0.25, 0.3) is 0 Å². The number of esters is 1.